The first-order valence-electron chi connectivity index (χ1n) is 5.17. The summed E-state index contributed by atoms with van der Waals surface area (Å²) in [5, 5.41) is 9.95. The number of nitrogens with zero attached hydrogens (tertiary/aromatic N) is 1. The summed E-state index contributed by atoms with van der Waals surface area (Å²) >= 11 is 0. The van der Waals surface area contributed by atoms with Crippen molar-refractivity contribution >= 4 is 22.7 Å². The molecule has 3 heteroatoms. The van der Waals surface area contributed by atoms with E-state index >= 15 is 0 Å². The molecule has 0 amide bonds. The number of fused-ring (bicyclic) bond motifs is 3. The van der Waals surface area contributed by atoms with E-state index in [1.165, 1.54) is 0 Å². The van der Waals surface area contributed by atoms with Crippen molar-refractivity contribution in [3.05, 3.63) is 35.6 Å². The van der Waals surface area contributed by atoms with Crippen LogP contribution in [0.3, 0.4) is 0 Å². The Kier molecular flexibility index (Phi) is 1.78. The van der Waals surface area contributed by atoms with E-state index in [0.29, 0.717) is 12.1 Å². The van der Waals surface area contributed by atoms with Gasteiger partial charge in [0.15, 0.2) is 5.58 Å². The molecule has 3 rings (SSSR count). The van der Waals surface area contributed by atoms with Crippen molar-refractivity contribution in [1.29, 1.82) is 5.26 Å². The van der Waals surface area contributed by atoms with Gasteiger partial charge in [-0.25, -0.2) is 0 Å². The number of allylic oxidation sites excluding steroid dienone is 1. The number of anilines is 1. The highest BCUT2D eigenvalue weighted by Crippen LogP contribution is 2.34. The third-order valence-corrected chi connectivity index (χ3v) is 2.95. The molecule has 0 saturated heterocycles. The van der Waals surface area contributed by atoms with Gasteiger partial charge in [0.2, 0.25) is 0 Å². The molecule has 0 bridgehead atoms. The van der Waals surface area contributed by atoms with Gasteiger partial charge in [0.25, 0.3) is 0 Å². The van der Waals surface area contributed by atoms with E-state index in [2.05, 4.69) is 6.07 Å². The van der Waals surface area contributed by atoms with Crippen LogP contribution in [-0.2, 0) is 6.42 Å². The van der Waals surface area contributed by atoms with Crippen molar-refractivity contribution in [2.45, 2.75) is 6.42 Å². The molecular formula is C13H10N2O. The molecule has 1 unspecified atom stereocenters. The average Bonchev–Trinajstić information content (AvgIpc) is 2.68. The Balaban J connectivity index is 2.28. The highest BCUT2D eigenvalue weighted by atomic mass is 16.3. The number of nitrogens with two attached hydrogens (primary N) is 1. The Morgan fingerprint density at radius 1 is 1.44 bits per heavy atom. The predicted octanol–water partition coefficient (Wildman–Crippen LogP) is 2.72. The molecular weight excluding hydrogens is 200 g/mol. The van der Waals surface area contributed by atoms with E-state index in [9.17, 15) is 0 Å². The van der Waals surface area contributed by atoms with Crippen molar-refractivity contribution in [2.24, 2.45) is 5.92 Å². The lowest BCUT2D eigenvalue weighted by Crippen LogP contribution is -2.02. The van der Waals surface area contributed by atoms with Crippen LogP contribution in [0.4, 0.5) is 5.69 Å². The Morgan fingerprint density at radius 2 is 2.31 bits per heavy atom. The van der Waals surface area contributed by atoms with Crippen LogP contribution in [0, 0.1) is 17.2 Å². The van der Waals surface area contributed by atoms with E-state index in [1.807, 2.05) is 30.4 Å². The van der Waals surface area contributed by atoms with Gasteiger partial charge in [-0.1, -0.05) is 18.2 Å². The van der Waals surface area contributed by atoms with Crippen molar-refractivity contribution < 1.29 is 4.42 Å². The number of hydrogen-bond acceptors (Lipinski definition) is 3. The van der Waals surface area contributed by atoms with Crippen LogP contribution >= 0.6 is 0 Å². The second-order valence-electron chi connectivity index (χ2n) is 3.97. The van der Waals surface area contributed by atoms with Gasteiger partial charge < -0.3 is 10.2 Å². The number of hydrogen-bond donors (Lipinski definition) is 1. The number of nitrogen functional groups attached to an aromatic ring is 1. The van der Waals surface area contributed by atoms with E-state index in [-0.39, 0.29) is 5.92 Å². The number of para-hydroxylation sites is 1. The summed E-state index contributed by atoms with van der Waals surface area (Å²) in [5.41, 5.74) is 8.33. The smallest absolute Gasteiger partial charge is 0.157 e. The number of furan rings is 1. The monoisotopic (exact) mass is 210 g/mol. The summed E-state index contributed by atoms with van der Waals surface area (Å²) in [7, 11) is 0. The van der Waals surface area contributed by atoms with Crippen LogP contribution in [0.1, 0.15) is 11.3 Å². The largest absolute Gasteiger partial charge is 0.454 e. The van der Waals surface area contributed by atoms with Gasteiger partial charge in [0, 0.05) is 10.9 Å². The summed E-state index contributed by atoms with van der Waals surface area (Å²) in [6, 6.07) is 7.97. The molecule has 1 aromatic heterocycles. The zero-order chi connectivity index (χ0) is 11.1. The lowest BCUT2D eigenvalue weighted by Gasteiger charge is -2.08. The summed E-state index contributed by atoms with van der Waals surface area (Å²) in [4.78, 5) is 0. The molecule has 2 aromatic rings. The molecule has 1 aliphatic rings. The molecule has 3 nitrogen and oxygen atoms in total. The lowest BCUT2D eigenvalue weighted by atomic mass is 9.93. The number of nitriles is 1. The SMILES string of the molecule is N#CC1C=Cc2oc3c(N)cccc3c2C1. The molecule has 2 N–H and O–H groups in total. The highest BCUT2D eigenvalue weighted by molar-refractivity contribution is 5.93. The van der Waals surface area contributed by atoms with E-state index in [0.717, 1.165) is 22.3 Å². The maximum absolute atomic E-state index is 8.92. The van der Waals surface area contributed by atoms with Gasteiger partial charge in [0.05, 0.1) is 17.7 Å². The van der Waals surface area contributed by atoms with Gasteiger partial charge >= 0.3 is 0 Å². The third-order valence-electron chi connectivity index (χ3n) is 2.95. The van der Waals surface area contributed by atoms with Gasteiger partial charge in [-0.2, -0.15) is 5.26 Å². The van der Waals surface area contributed by atoms with Crippen molar-refractivity contribution in [2.75, 3.05) is 5.73 Å². The minimum Gasteiger partial charge on any atom is -0.454 e. The van der Waals surface area contributed by atoms with Crippen molar-refractivity contribution in [3.8, 4) is 6.07 Å². The fraction of sp³-hybridized carbons (Fsp3) is 0.154. The molecule has 0 fully saturated rings. The van der Waals surface area contributed by atoms with E-state index in [1.54, 1.807) is 0 Å². The molecule has 1 aliphatic carbocycles. The molecule has 16 heavy (non-hydrogen) atoms. The Labute approximate surface area is 92.8 Å². The Bertz CT molecular complexity index is 631. The standard InChI is InChI=1S/C13H10N2O/c14-7-8-4-5-12-10(6-8)9-2-1-3-11(15)13(9)16-12/h1-5,8H,6,15H2. The van der Waals surface area contributed by atoms with Crippen LogP contribution in [0.15, 0.2) is 28.7 Å². The molecule has 1 aromatic carbocycles. The first kappa shape index (κ1) is 9.05. The fourth-order valence-electron chi connectivity index (χ4n) is 2.14. The molecule has 0 saturated carbocycles. The van der Waals surface area contributed by atoms with Crippen LogP contribution in [0.5, 0.6) is 0 Å². The first-order chi connectivity index (χ1) is 7.79. The van der Waals surface area contributed by atoms with Gasteiger partial charge in [-0.15, -0.1) is 0 Å². The van der Waals surface area contributed by atoms with Crippen molar-refractivity contribution in [1.82, 2.24) is 0 Å². The fourth-order valence-corrected chi connectivity index (χ4v) is 2.14. The number of rotatable bonds is 0. The Morgan fingerprint density at radius 3 is 3.12 bits per heavy atom. The van der Waals surface area contributed by atoms with Gasteiger partial charge in [-0.05, 0) is 18.6 Å². The van der Waals surface area contributed by atoms with Crippen LogP contribution in [0.25, 0.3) is 17.0 Å². The highest BCUT2D eigenvalue weighted by Gasteiger charge is 2.20. The molecule has 1 atom stereocenters. The topological polar surface area (TPSA) is 63.0 Å². The first-order valence-corrected chi connectivity index (χ1v) is 5.17. The zero-order valence-electron chi connectivity index (χ0n) is 8.60. The minimum atomic E-state index is -0.0604. The molecule has 78 valence electrons. The van der Waals surface area contributed by atoms with Crippen molar-refractivity contribution in [3.63, 3.8) is 0 Å². The zero-order valence-corrected chi connectivity index (χ0v) is 8.60. The molecule has 0 radical (unpaired) electrons. The summed E-state index contributed by atoms with van der Waals surface area (Å²) in [5.74, 6) is 0.772. The summed E-state index contributed by atoms with van der Waals surface area (Å²) in [6.07, 6.45) is 4.45. The maximum atomic E-state index is 8.92. The average molecular weight is 210 g/mol. The normalized spacial score (nSPS) is 18.3. The van der Waals surface area contributed by atoms with Gasteiger partial charge in [0.1, 0.15) is 5.76 Å². The Hall–Kier alpha value is -2.21. The second kappa shape index (κ2) is 3.14. The molecule has 0 aliphatic heterocycles. The lowest BCUT2D eigenvalue weighted by molar-refractivity contribution is 0.591. The van der Waals surface area contributed by atoms with Crippen LogP contribution in [0.2, 0.25) is 0 Å². The summed E-state index contributed by atoms with van der Waals surface area (Å²) in [6.45, 7) is 0. The van der Waals surface area contributed by atoms with Crippen LogP contribution < -0.4 is 5.73 Å². The van der Waals surface area contributed by atoms with Crippen LogP contribution in [-0.4, -0.2) is 0 Å². The summed E-state index contributed by atoms with van der Waals surface area (Å²) < 4.78 is 5.69. The minimum absolute atomic E-state index is 0.0604. The predicted molar refractivity (Wildman–Crippen MR) is 62.5 cm³/mol. The van der Waals surface area contributed by atoms with E-state index < -0.39 is 0 Å². The quantitative estimate of drug-likeness (QED) is 0.680. The third kappa shape index (κ3) is 1.13. The second-order valence-corrected chi connectivity index (χ2v) is 3.97. The molecule has 0 spiro atoms. The number of benzene rings is 1. The van der Waals surface area contributed by atoms with Gasteiger partial charge in [-0.3, -0.25) is 0 Å². The van der Waals surface area contributed by atoms with E-state index in [4.69, 9.17) is 15.4 Å². The maximum Gasteiger partial charge on any atom is 0.157 e. The molecule has 1 heterocycles.